The van der Waals surface area contributed by atoms with E-state index in [1.807, 2.05) is 0 Å². The molecule has 3 amide bonds. The summed E-state index contributed by atoms with van der Waals surface area (Å²) in [5.74, 6) is -0.301. The SMILES string of the molecule is CN1C(=O)C2CC(OS(C)(=O)=O)CN2C1=O. The Hall–Kier alpha value is -1.15. The van der Waals surface area contributed by atoms with Crippen molar-refractivity contribution in [2.75, 3.05) is 19.8 Å². The zero-order valence-corrected chi connectivity index (χ0v) is 9.73. The van der Waals surface area contributed by atoms with E-state index in [2.05, 4.69) is 0 Å². The second-order valence-electron chi connectivity index (χ2n) is 4.01. The topological polar surface area (TPSA) is 84.0 Å². The van der Waals surface area contributed by atoms with E-state index in [1.165, 1.54) is 11.9 Å². The summed E-state index contributed by atoms with van der Waals surface area (Å²) >= 11 is 0. The molecule has 8 heteroatoms. The summed E-state index contributed by atoms with van der Waals surface area (Å²) in [5.41, 5.74) is 0. The minimum absolute atomic E-state index is 0.145. The number of urea groups is 1. The summed E-state index contributed by atoms with van der Waals surface area (Å²) in [4.78, 5) is 25.5. The summed E-state index contributed by atoms with van der Waals surface area (Å²) in [6.45, 7) is 0.145. The highest BCUT2D eigenvalue weighted by molar-refractivity contribution is 7.86. The van der Waals surface area contributed by atoms with Crippen molar-refractivity contribution >= 4 is 22.1 Å². The van der Waals surface area contributed by atoms with E-state index in [1.54, 1.807) is 0 Å². The van der Waals surface area contributed by atoms with E-state index in [0.717, 1.165) is 11.2 Å². The second-order valence-corrected chi connectivity index (χ2v) is 5.61. The van der Waals surface area contributed by atoms with E-state index in [9.17, 15) is 18.0 Å². The van der Waals surface area contributed by atoms with E-state index < -0.39 is 28.3 Å². The molecule has 2 aliphatic rings. The van der Waals surface area contributed by atoms with Gasteiger partial charge in [-0.2, -0.15) is 8.42 Å². The van der Waals surface area contributed by atoms with Gasteiger partial charge < -0.3 is 4.90 Å². The maximum Gasteiger partial charge on any atom is 0.327 e. The summed E-state index contributed by atoms with van der Waals surface area (Å²) in [6, 6.07) is -0.959. The lowest BCUT2D eigenvalue weighted by atomic mass is 10.2. The van der Waals surface area contributed by atoms with E-state index in [0.29, 0.717) is 0 Å². The van der Waals surface area contributed by atoms with Crippen LogP contribution in [0.5, 0.6) is 0 Å². The fourth-order valence-corrected chi connectivity index (χ4v) is 2.70. The van der Waals surface area contributed by atoms with Crippen LogP contribution in [-0.4, -0.2) is 62.1 Å². The minimum Gasteiger partial charge on any atom is -0.309 e. The zero-order chi connectivity index (χ0) is 12.1. The number of hydrogen-bond acceptors (Lipinski definition) is 5. The van der Waals surface area contributed by atoms with Gasteiger partial charge in [0, 0.05) is 13.5 Å². The number of amides is 3. The molecule has 2 saturated heterocycles. The third-order valence-corrected chi connectivity index (χ3v) is 3.34. The molecule has 0 radical (unpaired) electrons. The van der Waals surface area contributed by atoms with Crippen LogP contribution in [0.15, 0.2) is 0 Å². The predicted molar refractivity (Wildman–Crippen MR) is 53.0 cm³/mol. The first-order chi connectivity index (χ1) is 7.29. The molecule has 2 heterocycles. The quantitative estimate of drug-likeness (QED) is 0.462. The molecular weight excluding hydrogens is 236 g/mol. The van der Waals surface area contributed by atoms with Crippen LogP contribution in [0.2, 0.25) is 0 Å². The van der Waals surface area contributed by atoms with Gasteiger partial charge in [-0.3, -0.25) is 13.9 Å². The summed E-state index contributed by atoms with van der Waals surface area (Å²) in [5, 5.41) is 0. The molecule has 16 heavy (non-hydrogen) atoms. The minimum atomic E-state index is -3.55. The molecule has 2 atom stereocenters. The molecule has 2 unspecified atom stereocenters. The van der Waals surface area contributed by atoms with E-state index >= 15 is 0 Å². The number of rotatable bonds is 2. The Morgan fingerprint density at radius 1 is 1.38 bits per heavy atom. The lowest BCUT2D eigenvalue weighted by Crippen LogP contribution is -2.33. The lowest BCUT2D eigenvalue weighted by Gasteiger charge is -2.13. The van der Waals surface area contributed by atoms with Crippen molar-refractivity contribution < 1.29 is 22.2 Å². The third kappa shape index (κ3) is 1.78. The average molecular weight is 248 g/mol. The smallest absolute Gasteiger partial charge is 0.309 e. The summed E-state index contributed by atoms with van der Waals surface area (Å²) < 4.78 is 26.6. The first-order valence-electron chi connectivity index (χ1n) is 4.76. The van der Waals surface area contributed by atoms with Crippen molar-refractivity contribution in [3.8, 4) is 0 Å². The Bertz CT molecular complexity index is 421. The summed E-state index contributed by atoms with van der Waals surface area (Å²) in [7, 11) is -2.14. The standard InChI is InChI=1S/C8H12N2O5S/c1-9-7(11)6-3-5(15-16(2,13)14)4-10(6)8(9)12/h5-6H,3-4H2,1-2H3. The Labute approximate surface area is 93.1 Å². The van der Waals surface area contributed by atoms with Crippen molar-refractivity contribution in [3.05, 3.63) is 0 Å². The number of fused-ring (bicyclic) bond motifs is 1. The Kier molecular flexibility index (Phi) is 2.43. The Morgan fingerprint density at radius 3 is 2.50 bits per heavy atom. The second kappa shape index (κ2) is 3.42. The molecule has 0 spiro atoms. The van der Waals surface area contributed by atoms with Crippen LogP contribution in [0.3, 0.4) is 0 Å². The molecule has 0 saturated carbocycles. The van der Waals surface area contributed by atoms with Gasteiger partial charge in [-0.05, 0) is 0 Å². The monoisotopic (exact) mass is 248 g/mol. The first kappa shape index (κ1) is 11.3. The van der Waals surface area contributed by atoms with Crippen molar-refractivity contribution in [1.82, 2.24) is 9.80 Å². The molecule has 0 aliphatic carbocycles. The van der Waals surface area contributed by atoms with Crippen molar-refractivity contribution in [1.29, 1.82) is 0 Å². The molecule has 0 N–H and O–H groups in total. The molecular formula is C8H12N2O5S. The number of carbonyl (C=O) groups is 2. The van der Waals surface area contributed by atoms with Crippen LogP contribution < -0.4 is 0 Å². The number of hydrogen-bond donors (Lipinski definition) is 0. The maximum absolute atomic E-state index is 11.6. The van der Waals surface area contributed by atoms with Gasteiger partial charge >= 0.3 is 6.03 Å². The molecule has 2 rings (SSSR count). The molecule has 7 nitrogen and oxygen atoms in total. The van der Waals surface area contributed by atoms with Crippen LogP contribution >= 0.6 is 0 Å². The molecule has 0 aromatic heterocycles. The fourth-order valence-electron chi connectivity index (χ4n) is 2.07. The molecule has 2 fully saturated rings. The normalized spacial score (nSPS) is 30.1. The Morgan fingerprint density at radius 2 is 2.00 bits per heavy atom. The summed E-state index contributed by atoms with van der Waals surface area (Å²) in [6.07, 6.45) is 0.579. The predicted octanol–water partition coefficient (Wildman–Crippen LogP) is -1.00. The lowest BCUT2D eigenvalue weighted by molar-refractivity contribution is -0.127. The highest BCUT2D eigenvalue weighted by Gasteiger charge is 2.49. The molecule has 0 aromatic rings. The number of likely N-dealkylation sites (N-methyl/N-ethyl adjacent to an activating group) is 1. The van der Waals surface area contributed by atoms with Crippen LogP contribution in [0.4, 0.5) is 4.79 Å². The van der Waals surface area contributed by atoms with Crippen LogP contribution in [-0.2, 0) is 19.1 Å². The number of imide groups is 1. The van der Waals surface area contributed by atoms with Gasteiger partial charge in [0.1, 0.15) is 6.04 Å². The average Bonchev–Trinajstić information content (AvgIpc) is 2.61. The third-order valence-electron chi connectivity index (χ3n) is 2.72. The van der Waals surface area contributed by atoms with E-state index in [4.69, 9.17) is 4.18 Å². The maximum atomic E-state index is 11.6. The highest BCUT2D eigenvalue weighted by atomic mass is 32.2. The van der Waals surface area contributed by atoms with Crippen molar-refractivity contribution in [2.45, 2.75) is 18.6 Å². The zero-order valence-electron chi connectivity index (χ0n) is 8.91. The van der Waals surface area contributed by atoms with Gasteiger partial charge in [-0.15, -0.1) is 0 Å². The molecule has 90 valence electrons. The van der Waals surface area contributed by atoms with Gasteiger partial charge in [0.2, 0.25) is 0 Å². The van der Waals surface area contributed by atoms with Crippen molar-refractivity contribution in [3.63, 3.8) is 0 Å². The number of carbonyl (C=O) groups excluding carboxylic acids is 2. The van der Waals surface area contributed by atoms with Gasteiger partial charge in [-0.25, -0.2) is 4.79 Å². The van der Waals surface area contributed by atoms with Crippen LogP contribution in [0, 0.1) is 0 Å². The molecule has 0 aromatic carbocycles. The first-order valence-corrected chi connectivity index (χ1v) is 6.57. The number of nitrogens with zero attached hydrogens (tertiary/aromatic N) is 2. The molecule has 0 bridgehead atoms. The molecule has 2 aliphatic heterocycles. The largest absolute Gasteiger partial charge is 0.327 e. The van der Waals surface area contributed by atoms with Gasteiger partial charge in [0.05, 0.1) is 18.9 Å². The van der Waals surface area contributed by atoms with E-state index in [-0.39, 0.29) is 18.9 Å². The van der Waals surface area contributed by atoms with Gasteiger partial charge in [0.15, 0.2) is 0 Å². The fraction of sp³-hybridized carbons (Fsp3) is 0.750. The van der Waals surface area contributed by atoms with Gasteiger partial charge in [0.25, 0.3) is 16.0 Å². The highest BCUT2D eigenvalue weighted by Crippen LogP contribution is 2.28. The van der Waals surface area contributed by atoms with Crippen LogP contribution in [0.1, 0.15) is 6.42 Å². The van der Waals surface area contributed by atoms with Gasteiger partial charge in [-0.1, -0.05) is 0 Å². The Balaban J connectivity index is 2.11. The van der Waals surface area contributed by atoms with Crippen LogP contribution in [0.25, 0.3) is 0 Å². The van der Waals surface area contributed by atoms with Crippen molar-refractivity contribution in [2.24, 2.45) is 0 Å².